The molecule has 0 aliphatic heterocycles. The molecule has 2 aromatic rings. The zero-order valence-corrected chi connectivity index (χ0v) is 14.2. The third-order valence-electron chi connectivity index (χ3n) is 4.09. The van der Waals surface area contributed by atoms with Gasteiger partial charge in [0.1, 0.15) is 0 Å². The van der Waals surface area contributed by atoms with Gasteiger partial charge >= 0.3 is 0 Å². The molecule has 0 aliphatic carbocycles. The van der Waals surface area contributed by atoms with Crippen LogP contribution in [0.25, 0.3) is 0 Å². The van der Waals surface area contributed by atoms with Gasteiger partial charge in [0.15, 0.2) is 0 Å². The minimum atomic E-state index is -1.22. The highest BCUT2D eigenvalue weighted by Crippen LogP contribution is 2.21. The molecule has 1 N–H and O–H groups in total. The highest BCUT2D eigenvalue weighted by atomic mass is 16.4. The Kier molecular flexibility index (Phi) is 5.74. The predicted molar refractivity (Wildman–Crippen MR) is 92.4 cm³/mol. The number of nitrogens with one attached hydrogen (secondary N) is 1. The van der Waals surface area contributed by atoms with E-state index < -0.39 is 17.8 Å². The van der Waals surface area contributed by atoms with Crippen LogP contribution < -0.4 is 10.4 Å². The second-order valence-corrected chi connectivity index (χ2v) is 6.27. The average Bonchev–Trinajstić information content (AvgIpc) is 2.51. The van der Waals surface area contributed by atoms with Crippen molar-refractivity contribution in [3.8, 4) is 0 Å². The first-order valence-corrected chi connectivity index (χ1v) is 8.00. The fourth-order valence-corrected chi connectivity index (χ4v) is 2.86. The summed E-state index contributed by atoms with van der Waals surface area (Å²) in [5, 5.41) is 14.1. The number of carbonyl (C=O) groups excluding carboxylic acids is 2. The molecular formula is C20H22NO3-. The molecule has 2 aromatic carbocycles. The van der Waals surface area contributed by atoms with E-state index in [-0.39, 0.29) is 5.91 Å². The molecule has 0 saturated heterocycles. The topological polar surface area (TPSA) is 69.2 Å². The SMILES string of the molecule is Cc1cc(C)cc(CC(C(=O)Nc2ccccc2)C(C)C(=O)[O-])c1. The first-order chi connectivity index (χ1) is 11.4. The summed E-state index contributed by atoms with van der Waals surface area (Å²) in [6.07, 6.45) is 0.357. The first kappa shape index (κ1) is 17.7. The Morgan fingerprint density at radius 2 is 1.62 bits per heavy atom. The van der Waals surface area contributed by atoms with Gasteiger partial charge in [-0.1, -0.05) is 54.4 Å². The molecule has 0 spiro atoms. The Balaban J connectivity index is 2.24. The van der Waals surface area contributed by atoms with Crippen molar-refractivity contribution in [2.75, 3.05) is 5.32 Å². The van der Waals surface area contributed by atoms with E-state index in [9.17, 15) is 14.7 Å². The van der Waals surface area contributed by atoms with Crippen molar-refractivity contribution in [2.45, 2.75) is 27.2 Å². The van der Waals surface area contributed by atoms with Crippen LogP contribution in [-0.4, -0.2) is 11.9 Å². The largest absolute Gasteiger partial charge is 0.550 e. The number of para-hydroxylation sites is 1. The lowest BCUT2D eigenvalue weighted by Gasteiger charge is -2.24. The lowest BCUT2D eigenvalue weighted by atomic mass is 9.86. The van der Waals surface area contributed by atoms with Gasteiger partial charge in [-0.3, -0.25) is 4.79 Å². The minimum Gasteiger partial charge on any atom is -0.550 e. The maximum absolute atomic E-state index is 12.6. The molecule has 0 fully saturated rings. The lowest BCUT2D eigenvalue weighted by molar-refractivity contribution is -0.312. The van der Waals surface area contributed by atoms with Gasteiger partial charge in [0.25, 0.3) is 0 Å². The zero-order valence-electron chi connectivity index (χ0n) is 14.2. The summed E-state index contributed by atoms with van der Waals surface area (Å²) in [6.45, 7) is 5.49. The van der Waals surface area contributed by atoms with Crippen LogP contribution in [0.5, 0.6) is 0 Å². The van der Waals surface area contributed by atoms with Crippen LogP contribution in [0.1, 0.15) is 23.6 Å². The van der Waals surface area contributed by atoms with Crippen molar-refractivity contribution in [1.82, 2.24) is 0 Å². The molecule has 126 valence electrons. The molecule has 2 atom stereocenters. The number of rotatable bonds is 6. The van der Waals surface area contributed by atoms with Crippen molar-refractivity contribution in [1.29, 1.82) is 0 Å². The zero-order chi connectivity index (χ0) is 17.7. The maximum Gasteiger partial charge on any atom is 0.228 e. The second-order valence-electron chi connectivity index (χ2n) is 6.27. The van der Waals surface area contributed by atoms with E-state index in [1.54, 1.807) is 12.1 Å². The Bertz CT molecular complexity index is 705. The second kappa shape index (κ2) is 7.77. The van der Waals surface area contributed by atoms with Crippen LogP contribution in [0.15, 0.2) is 48.5 Å². The summed E-state index contributed by atoms with van der Waals surface area (Å²) < 4.78 is 0. The van der Waals surface area contributed by atoms with Gasteiger partial charge in [0.05, 0.1) is 5.92 Å². The van der Waals surface area contributed by atoms with E-state index in [2.05, 4.69) is 5.32 Å². The normalized spacial score (nSPS) is 13.1. The van der Waals surface area contributed by atoms with Crippen LogP contribution in [0.4, 0.5) is 5.69 Å². The van der Waals surface area contributed by atoms with Crippen molar-refractivity contribution in [2.24, 2.45) is 11.8 Å². The van der Waals surface area contributed by atoms with Gasteiger partial charge in [-0.25, -0.2) is 0 Å². The molecule has 0 aromatic heterocycles. The van der Waals surface area contributed by atoms with Crippen LogP contribution in [-0.2, 0) is 16.0 Å². The fourth-order valence-electron chi connectivity index (χ4n) is 2.86. The van der Waals surface area contributed by atoms with Crippen molar-refractivity contribution >= 4 is 17.6 Å². The van der Waals surface area contributed by atoms with Crippen molar-refractivity contribution in [3.05, 3.63) is 65.2 Å². The highest BCUT2D eigenvalue weighted by Gasteiger charge is 2.26. The Morgan fingerprint density at radius 1 is 1.04 bits per heavy atom. The highest BCUT2D eigenvalue weighted by molar-refractivity contribution is 5.95. The van der Waals surface area contributed by atoms with E-state index in [4.69, 9.17) is 0 Å². The quantitative estimate of drug-likeness (QED) is 0.887. The number of aliphatic carboxylic acids is 1. The van der Waals surface area contributed by atoms with Crippen LogP contribution in [0, 0.1) is 25.7 Å². The molecule has 1 amide bonds. The fraction of sp³-hybridized carbons (Fsp3) is 0.300. The molecule has 4 heteroatoms. The number of hydrogen-bond acceptors (Lipinski definition) is 3. The summed E-state index contributed by atoms with van der Waals surface area (Å²) in [4.78, 5) is 24.0. The monoisotopic (exact) mass is 324 g/mol. The van der Waals surface area contributed by atoms with E-state index >= 15 is 0 Å². The van der Waals surface area contributed by atoms with Crippen LogP contribution >= 0.6 is 0 Å². The summed E-state index contributed by atoms with van der Waals surface area (Å²) in [6, 6.07) is 15.0. The van der Waals surface area contributed by atoms with E-state index in [1.807, 2.05) is 50.2 Å². The van der Waals surface area contributed by atoms with Crippen LogP contribution in [0.3, 0.4) is 0 Å². The van der Waals surface area contributed by atoms with Gasteiger partial charge < -0.3 is 15.2 Å². The minimum absolute atomic E-state index is 0.308. The predicted octanol–water partition coefficient (Wildman–Crippen LogP) is 2.49. The number of amides is 1. The molecule has 2 unspecified atom stereocenters. The van der Waals surface area contributed by atoms with Crippen molar-refractivity contribution < 1.29 is 14.7 Å². The maximum atomic E-state index is 12.6. The average molecular weight is 324 g/mol. The number of carboxylic acid groups (broad SMARTS) is 1. The number of carbonyl (C=O) groups is 2. The number of benzene rings is 2. The molecule has 4 nitrogen and oxygen atoms in total. The third kappa shape index (κ3) is 4.69. The van der Waals surface area contributed by atoms with Gasteiger partial charge in [-0.2, -0.15) is 0 Å². The van der Waals surface area contributed by atoms with E-state index in [1.165, 1.54) is 6.92 Å². The number of hydrogen-bond donors (Lipinski definition) is 1. The number of aryl methyl sites for hydroxylation is 2. The van der Waals surface area contributed by atoms with Gasteiger partial charge in [-0.05, 0) is 38.0 Å². The smallest absolute Gasteiger partial charge is 0.228 e. The van der Waals surface area contributed by atoms with Gasteiger partial charge in [0.2, 0.25) is 5.91 Å². The Labute approximate surface area is 142 Å². The van der Waals surface area contributed by atoms with E-state index in [0.29, 0.717) is 12.1 Å². The summed E-state index contributed by atoms with van der Waals surface area (Å²) in [5.74, 6) is -3.10. The molecule has 0 saturated carbocycles. The first-order valence-electron chi connectivity index (χ1n) is 8.00. The molecule has 24 heavy (non-hydrogen) atoms. The van der Waals surface area contributed by atoms with Crippen LogP contribution in [0.2, 0.25) is 0 Å². The third-order valence-corrected chi connectivity index (χ3v) is 4.09. The van der Waals surface area contributed by atoms with E-state index in [0.717, 1.165) is 16.7 Å². The molecular weight excluding hydrogens is 302 g/mol. The van der Waals surface area contributed by atoms with Crippen molar-refractivity contribution in [3.63, 3.8) is 0 Å². The summed E-state index contributed by atoms with van der Waals surface area (Å²) in [5.41, 5.74) is 3.79. The molecule has 0 heterocycles. The molecule has 0 aliphatic rings. The molecule has 0 bridgehead atoms. The summed E-state index contributed by atoms with van der Waals surface area (Å²) in [7, 11) is 0. The standard InChI is InChI=1S/C20H23NO3/c1-13-9-14(2)11-16(10-13)12-18(15(3)20(23)24)19(22)21-17-7-5-4-6-8-17/h4-11,15,18H,12H2,1-3H3,(H,21,22)(H,23,24)/p-1. The number of anilines is 1. The number of carboxylic acids is 1. The Morgan fingerprint density at radius 3 is 2.17 bits per heavy atom. The van der Waals surface area contributed by atoms with Gasteiger partial charge in [-0.15, -0.1) is 0 Å². The molecule has 2 rings (SSSR count). The molecule has 0 radical (unpaired) electrons. The lowest BCUT2D eigenvalue weighted by Crippen LogP contribution is -2.40. The summed E-state index contributed by atoms with van der Waals surface area (Å²) >= 11 is 0. The van der Waals surface area contributed by atoms with Gasteiger partial charge in [0, 0.05) is 17.6 Å². The Hall–Kier alpha value is -2.62.